The molecule has 3 rings (SSSR count). The number of anilines is 2. The Morgan fingerprint density at radius 2 is 1.86 bits per heavy atom. The molecule has 1 aliphatic rings. The molecule has 1 aromatic carbocycles. The molecular formula is C21H19ClF6N4O4S. The second-order valence-electron chi connectivity index (χ2n) is 7.68. The molecule has 16 heteroatoms. The van der Waals surface area contributed by atoms with Crippen LogP contribution in [0.5, 0.6) is 0 Å². The summed E-state index contributed by atoms with van der Waals surface area (Å²) in [4.78, 5) is 38.2. The summed E-state index contributed by atoms with van der Waals surface area (Å²) < 4.78 is 84.9. The number of alkyl halides is 6. The van der Waals surface area contributed by atoms with Gasteiger partial charge < -0.3 is 20.3 Å². The molecule has 0 bridgehead atoms. The van der Waals surface area contributed by atoms with Crippen molar-refractivity contribution in [3.05, 3.63) is 45.1 Å². The van der Waals surface area contributed by atoms with Crippen molar-refractivity contribution in [2.24, 2.45) is 0 Å². The lowest BCUT2D eigenvalue weighted by atomic mass is 10.1. The minimum Gasteiger partial charge on any atom is -0.370 e. The number of amides is 3. The molecule has 0 aliphatic carbocycles. The van der Waals surface area contributed by atoms with Crippen LogP contribution in [0.25, 0.3) is 0 Å². The number of nitrogens with one attached hydrogen (secondary N) is 3. The van der Waals surface area contributed by atoms with E-state index in [-0.39, 0.29) is 34.7 Å². The largest absolute Gasteiger partial charge is 0.418 e. The number of ether oxygens (including phenoxy) is 1. The molecular weight excluding hydrogens is 554 g/mol. The smallest absolute Gasteiger partial charge is 0.370 e. The molecule has 0 saturated carbocycles. The van der Waals surface area contributed by atoms with Crippen molar-refractivity contribution in [2.45, 2.75) is 18.4 Å². The Balaban J connectivity index is 1.80. The Morgan fingerprint density at radius 3 is 2.46 bits per heavy atom. The summed E-state index contributed by atoms with van der Waals surface area (Å²) in [6.07, 6.45) is -9.72. The number of rotatable bonds is 8. The van der Waals surface area contributed by atoms with E-state index in [2.05, 4.69) is 5.32 Å². The second-order valence-corrected chi connectivity index (χ2v) is 9.39. The zero-order valence-electron chi connectivity index (χ0n) is 18.6. The van der Waals surface area contributed by atoms with E-state index in [1.165, 1.54) is 12.1 Å². The third-order valence-electron chi connectivity index (χ3n) is 4.99. The molecule has 1 atom stereocenters. The van der Waals surface area contributed by atoms with Gasteiger partial charge in [-0.1, -0.05) is 11.6 Å². The summed E-state index contributed by atoms with van der Waals surface area (Å²) in [5.74, 6) is -2.55. The Morgan fingerprint density at radius 1 is 1.14 bits per heavy atom. The predicted octanol–water partition coefficient (Wildman–Crippen LogP) is 3.67. The number of hydrogen-bond donors (Lipinski definition) is 3. The lowest BCUT2D eigenvalue weighted by Crippen LogP contribution is -2.51. The van der Waals surface area contributed by atoms with Crippen LogP contribution < -0.4 is 20.9 Å². The van der Waals surface area contributed by atoms with Gasteiger partial charge in [0.15, 0.2) is 0 Å². The topological polar surface area (TPSA) is 99.8 Å². The molecule has 202 valence electrons. The van der Waals surface area contributed by atoms with E-state index in [9.17, 15) is 40.7 Å². The van der Waals surface area contributed by atoms with Crippen LogP contribution in [-0.4, -0.2) is 62.8 Å². The predicted molar refractivity (Wildman–Crippen MR) is 123 cm³/mol. The van der Waals surface area contributed by atoms with Crippen LogP contribution in [0.15, 0.2) is 30.3 Å². The molecule has 8 nitrogen and oxygen atoms in total. The first kappa shape index (κ1) is 28.7. The molecule has 2 aromatic rings. The molecule has 1 aliphatic heterocycles. The molecule has 0 radical (unpaired) electrons. The van der Waals surface area contributed by atoms with Gasteiger partial charge in [0.05, 0.1) is 33.6 Å². The molecule has 37 heavy (non-hydrogen) atoms. The second kappa shape index (κ2) is 11.7. The van der Waals surface area contributed by atoms with E-state index in [1.807, 2.05) is 10.6 Å². The number of carbonyl (C=O) groups excluding carboxylic acids is 3. The van der Waals surface area contributed by atoms with Gasteiger partial charge in [0, 0.05) is 18.8 Å². The SMILES string of the molecule is O=C(NC[C@@H](NCC(F)(F)F)C(=O)Nc1ccc(N2CCOCC2=O)cc1C(F)(F)F)c1ccc(Cl)s1. The average Bonchev–Trinajstić information content (AvgIpc) is 3.24. The van der Waals surface area contributed by atoms with Crippen LogP contribution in [0.1, 0.15) is 15.2 Å². The third kappa shape index (κ3) is 8.05. The molecule has 1 fully saturated rings. The normalized spacial score (nSPS) is 15.4. The van der Waals surface area contributed by atoms with Crippen molar-refractivity contribution in [3.8, 4) is 0 Å². The van der Waals surface area contributed by atoms with E-state index in [4.69, 9.17) is 16.3 Å². The fourth-order valence-corrected chi connectivity index (χ4v) is 4.23. The number of nitrogens with zero attached hydrogens (tertiary/aromatic N) is 1. The summed E-state index contributed by atoms with van der Waals surface area (Å²) in [5, 5.41) is 6.13. The number of carbonyl (C=O) groups is 3. The van der Waals surface area contributed by atoms with Crippen LogP contribution in [0.2, 0.25) is 4.34 Å². The van der Waals surface area contributed by atoms with Gasteiger partial charge in [0.25, 0.3) is 11.8 Å². The molecule has 3 amide bonds. The molecule has 1 saturated heterocycles. The molecule has 2 heterocycles. The molecule has 0 spiro atoms. The zero-order valence-corrected chi connectivity index (χ0v) is 20.2. The number of hydrogen-bond acceptors (Lipinski definition) is 6. The highest BCUT2D eigenvalue weighted by Crippen LogP contribution is 2.37. The highest BCUT2D eigenvalue weighted by Gasteiger charge is 2.36. The average molecular weight is 573 g/mol. The lowest BCUT2D eigenvalue weighted by Gasteiger charge is -2.28. The van der Waals surface area contributed by atoms with E-state index in [1.54, 1.807) is 0 Å². The Labute approximate surface area is 214 Å². The van der Waals surface area contributed by atoms with Crippen molar-refractivity contribution >= 4 is 52.0 Å². The fraction of sp³-hybridized carbons (Fsp3) is 0.381. The quantitative estimate of drug-likeness (QED) is 0.419. The van der Waals surface area contributed by atoms with Crippen LogP contribution in [0.4, 0.5) is 37.7 Å². The highest BCUT2D eigenvalue weighted by atomic mass is 35.5. The minimum absolute atomic E-state index is 0.0143. The lowest BCUT2D eigenvalue weighted by molar-refractivity contribution is -0.137. The number of benzene rings is 1. The first-order valence-electron chi connectivity index (χ1n) is 10.5. The van der Waals surface area contributed by atoms with E-state index >= 15 is 0 Å². The maximum atomic E-state index is 13.8. The van der Waals surface area contributed by atoms with Gasteiger partial charge in [-0.15, -0.1) is 11.3 Å². The van der Waals surface area contributed by atoms with Gasteiger partial charge in [-0.2, -0.15) is 26.3 Å². The van der Waals surface area contributed by atoms with Crippen molar-refractivity contribution in [3.63, 3.8) is 0 Å². The van der Waals surface area contributed by atoms with Gasteiger partial charge in [-0.3, -0.25) is 19.7 Å². The van der Waals surface area contributed by atoms with Crippen molar-refractivity contribution in [1.82, 2.24) is 10.6 Å². The highest BCUT2D eigenvalue weighted by molar-refractivity contribution is 7.18. The standard InChI is InChI=1S/C21H19ClF6N4O4S/c22-16-4-3-15(37-16)19(35)29-8-14(30-10-20(23,24)25)18(34)31-13-2-1-11(7-12(13)21(26,27)28)32-5-6-36-9-17(32)33/h1-4,7,14,30H,5-6,8-10H2,(H,29,35)(H,31,34)/t14-/m1/s1. The van der Waals surface area contributed by atoms with Crippen molar-refractivity contribution in [2.75, 3.05) is 43.1 Å². The van der Waals surface area contributed by atoms with E-state index in [0.717, 1.165) is 28.4 Å². The third-order valence-corrected chi connectivity index (χ3v) is 6.22. The van der Waals surface area contributed by atoms with Gasteiger partial charge in [0.2, 0.25) is 5.91 Å². The fourth-order valence-electron chi connectivity index (χ4n) is 3.27. The van der Waals surface area contributed by atoms with Gasteiger partial charge in [-0.05, 0) is 30.3 Å². The number of thiophene rings is 1. The van der Waals surface area contributed by atoms with Crippen molar-refractivity contribution < 1.29 is 45.5 Å². The van der Waals surface area contributed by atoms with E-state index < -0.39 is 60.5 Å². The summed E-state index contributed by atoms with van der Waals surface area (Å²) in [5.41, 5.74) is -2.14. The van der Waals surface area contributed by atoms with Crippen LogP contribution in [-0.2, 0) is 20.5 Å². The maximum Gasteiger partial charge on any atom is 0.418 e. The first-order chi connectivity index (χ1) is 17.2. The van der Waals surface area contributed by atoms with Crippen LogP contribution >= 0.6 is 22.9 Å². The monoisotopic (exact) mass is 572 g/mol. The number of halogens is 7. The van der Waals surface area contributed by atoms with E-state index in [0.29, 0.717) is 6.07 Å². The Hall–Kier alpha value is -2.88. The van der Waals surface area contributed by atoms with Gasteiger partial charge in [-0.25, -0.2) is 0 Å². The Bertz CT molecular complexity index is 1160. The summed E-state index contributed by atoms with van der Waals surface area (Å²) in [6, 6.07) is 3.74. The first-order valence-corrected chi connectivity index (χ1v) is 11.7. The molecule has 0 unspecified atom stereocenters. The van der Waals surface area contributed by atoms with Gasteiger partial charge in [0.1, 0.15) is 12.6 Å². The van der Waals surface area contributed by atoms with Crippen LogP contribution in [0, 0.1) is 0 Å². The number of morpholine rings is 1. The van der Waals surface area contributed by atoms with Crippen LogP contribution in [0.3, 0.4) is 0 Å². The zero-order chi connectivity index (χ0) is 27.4. The summed E-state index contributed by atoms with van der Waals surface area (Å²) >= 11 is 6.63. The Kier molecular flexibility index (Phi) is 9.05. The maximum absolute atomic E-state index is 13.8. The molecule has 3 N–H and O–H groups in total. The minimum atomic E-state index is -4.98. The van der Waals surface area contributed by atoms with Gasteiger partial charge >= 0.3 is 12.4 Å². The summed E-state index contributed by atoms with van der Waals surface area (Å²) in [7, 11) is 0. The summed E-state index contributed by atoms with van der Waals surface area (Å²) in [6.45, 7) is -2.49. The molecule has 1 aromatic heterocycles. The van der Waals surface area contributed by atoms with Crippen molar-refractivity contribution in [1.29, 1.82) is 0 Å².